The predicted molar refractivity (Wildman–Crippen MR) is 189 cm³/mol. The largest absolute Gasteiger partial charge is 1.00 e. The normalized spacial score (nSPS) is 21.2. The minimum Gasteiger partial charge on any atom is -0.790 e. The van der Waals surface area contributed by atoms with Gasteiger partial charge in [-0.2, -0.15) is 0 Å². The van der Waals surface area contributed by atoms with Gasteiger partial charge in [0.1, 0.15) is 30.6 Å². The molecule has 51 heavy (non-hydrogen) atoms. The zero-order chi connectivity index (χ0) is 36.2. The Morgan fingerprint density at radius 3 is 1.90 bits per heavy atom. The molecule has 6 unspecified atom stereocenters. The number of nitrogens with one attached hydrogen (secondary N) is 1. The first kappa shape index (κ1) is 53.9. The van der Waals surface area contributed by atoms with Gasteiger partial charge in [-0.25, -0.2) is 0 Å². The minimum atomic E-state index is -5.48. The molecule has 1 aliphatic rings. The van der Waals surface area contributed by atoms with Crippen LogP contribution in [0, 0.1) is 5.92 Å². The molecular weight excluding hydrogens is 695 g/mol. The number of carbonyl (C=O) groups is 2. The maximum Gasteiger partial charge on any atom is 1.00 e. The summed E-state index contributed by atoms with van der Waals surface area (Å²) < 4.78 is 39.6. The van der Waals surface area contributed by atoms with Crippen molar-refractivity contribution in [3.63, 3.8) is 0 Å². The van der Waals surface area contributed by atoms with Crippen molar-refractivity contribution in [2.24, 2.45) is 5.92 Å². The molecule has 1 amide bonds. The molecule has 6 atom stereocenters. The Balaban J connectivity index is 0. The standard InChI is InChI=1S/C37H70NO10P.2Na/c1-5-7-9-11-12-13-14-15-16-17-18-19-20-22-24-26-33(40)38-34-36(46-28-27-31(29-39)25-23-21-10-8-6-2)35(48-49(41,42)43)32(30-44-3)47-37(34)45-4;;/h13-14,29,31-32,34-37H,5-12,15-28,30H2,1-4H3,(H,38,40)(H2,41,42,43);;/q;2*+1/p-2/b14-13-;;. The Kier molecular flexibility index (Phi) is 37.3. The van der Waals surface area contributed by atoms with Crippen LogP contribution in [0.25, 0.3) is 0 Å². The molecule has 1 rings (SSSR count). The molecule has 0 saturated carbocycles. The Morgan fingerprint density at radius 1 is 0.804 bits per heavy atom. The summed E-state index contributed by atoms with van der Waals surface area (Å²) in [5, 5.41) is 2.90. The minimum absolute atomic E-state index is 0. The molecule has 0 bridgehead atoms. The van der Waals surface area contributed by atoms with E-state index < -0.39 is 38.5 Å². The van der Waals surface area contributed by atoms with E-state index in [4.69, 9.17) is 23.5 Å². The average molecular weight is 764 g/mol. The molecule has 1 aliphatic heterocycles. The first-order valence-electron chi connectivity index (χ1n) is 19.1. The zero-order valence-corrected chi connectivity index (χ0v) is 37.9. The van der Waals surface area contributed by atoms with Crippen LogP contribution in [0.15, 0.2) is 12.2 Å². The zero-order valence-electron chi connectivity index (χ0n) is 33.0. The third-order valence-corrected chi connectivity index (χ3v) is 9.63. The topological polar surface area (TPSA) is 156 Å². The SMILES string of the molecule is CCCCCC/C=C\CCCCCCCCCC(=O)NC1C(OC)OC(COC)C(OP(=O)([O-])[O-])C1OCCC(C=O)CCCCCCC.[Na+].[Na+]. The number of phosphoric ester groups is 1. The van der Waals surface area contributed by atoms with E-state index in [0.717, 1.165) is 70.5 Å². The van der Waals surface area contributed by atoms with Gasteiger partial charge in [0, 0.05) is 33.2 Å². The quantitative estimate of drug-likeness (QED) is 0.0341. The van der Waals surface area contributed by atoms with Crippen LogP contribution in [-0.4, -0.2) is 70.3 Å². The molecule has 0 aliphatic carbocycles. The third-order valence-electron chi connectivity index (χ3n) is 9.12. The van der Waals surface area contributed by atoms with Crippen molar-refractivity contribution in [3.05, 3.63) is 12.2 Å². The number of carbonyl (C=O) groups excluding carboxylic acids is 2. The summed E-state index contributed by atoms with van der Waals surface area (Å²) in [6, 6.07) is -0.962. The Morgan fingerprint density at radius 2 is 1.35 bits per heavy atom. The Bertz CT molecular complexity index is 913. The number of unbranched alkanes of at least 4 members (excludes halogenated alkanes) is 15. The van der Waals surface area contributed by atoms with Gasteiger partial charge in [-0.1, -0.05) is 109 Å². The molecule has 0 radical (unpaired) electrons. The van der Waals surface area contributed by atoms with E-state index in [0.29, 0.717) is 12.8 Å². The van der Waals surface area contributed by atoms with Crippen LogP contribution in [0.2, 0.25) is 0 Å². The van der Waals surface area contributed by atoms with E-state index in [2.05, 4.69) is 31.3 Å². The average Bonchev–Trinajstić information content (AvgIpc) is 3.07. The molecule has 1 fully saturated rings. The first-order valence-corrected chi connectivity index (χ1v) is 20.6. The summed E-state index contributed by atoms with van der Waals surface area (Å²) in [4.78, 5) is 48.5. The van der Waals surface area contributed by atoms with Gasteiger partial charge in [0.25, 0.3) is 0 Å². The van der Waals surface area contributed by atoms with Gasteiger partial charge in [0.2, 0.25) is 5.91 Å². The maximum absolute atomic E-state index is 13.1. The smallest absolute Gasteiger partial charge is 0.790 e. The van der Waals surface area contributed by atoms with Gasteiger partial charge in [0.05, 0.1) is 14.4 Å². The molecule has 0 spiro atoms. The summed E-state index contributed by atoms with van der Waals surface area (Å²) in [7, 11) is -2.66. The van der Waals surface area contributed by atoms with Crippen molar-refractivity contribution < 1.29 is 107 Å². The molecule has 0 aromatic heterocycles. The van der Waals surface area contributed by atoms with E-state index in [9.17, 15) is 23.9 Å². The van der Waals surface area contributed by atoms with Crippen molar-refractivity contribution in [1.29, 1.82) is 0 Å². The molecule has 1 saturated heterocycles. The van der Waals surface area contributed by atoms with Crippen LogP contribution in [0.5, 0.6) is 0 Å². The predicted octanol–water partition coefficient (Wildman–Crippen LogP) is 0.699. The van der Waals surface area contributed by atoms with E-state index >= 15 is 0 Å². The number of aldehydes is 1. The van der Waals surface area contributed by atoms with Crippen molar-refractivity contribution in [1.82, 2.24) is 5.32 Å². The molecule has 1 N–H and O–H groups in total. The van der Waals surface area contributed by atoms with Crippen LogP contribution in [0.1, 0.15) is 149 Å². The second kappa shape index (κ2) is 35.3. The van der Waals surface area contributed by atoms with Gasteiger partial charge in [0.15, 0.2) is 6.29 Å². The fourth-order valence-electron chi connectivity index (χ4n) is 6.29. The Labute approximate surface area is 354 Å². The van der Waals surface area contributed by atoms with Crippen LogP contribution in [-0.2, 0) is 37.6 Å². The molecule has 14 heteroatoms. The first-order chi connectivity index (χ1) is 23.7. The monoisotopic (exact) mass is 763 g/mol. The summed E-state index contributed by atoms with van der Waals surface area (Å²) in [6.07, 6.45) is 22.8. The number of ether oxygens (including phenoxy) is 4. The summed E-state index contributed by atoms with van der Waals surface area (Å²) in [5.41, 5.74) is 0. The van der Waals surface area contributed by atoms with Crippen molar-refractivity contribution in [2.75, 3.05) is 27.4 Å². The van der Waals surface area contributed by atoms with Crippen molar-refractivity contribution in [3.8, 4) is 0 Å². The second-order valence-corrected chi connectivity index (χ2v) is 14.5. The fourth-order valence-corrected chi connectivity index (χ4v) is 6.85. The van der Waals surface area contributed by atoms with Gasteiger partial charge in [-0.15, -0.1) is 0 Å². The van der Waals surface area contributed by atoms with Crippen LogP contribution in [0.3, 0.4) is 0 Å². The Hall–Kier alpha value is 0.830. The van der Waals surface area contributed by atoms with Gasteiger partial charge in [-0.3, -0.25) is 4.79 Å². The fraction of sp³-hybridized carbons (Fsp3) is 0.892. The third kappa shape index (κ3) is 27.1. The molecular formula is C37H68NNa2O10P. The van der Waals surface area contributed by atoms with E-state index in [-0.39, 0.29) is 90.6 Å². The number of rotatable bonds is 32. The molecule has 1 heterocycles. The van der Waals surface area contributed by atoms with Crippen LogP contribution < -0.4 is 74.2 Å². The van der Waals surface area contributed by atoms with Gasteiger partial charge in [-0.05, 0) is 44.9 Å². The second-order valence-electron chi connectivity index (χ2n) is 13.4. The molecule has 11 nitrogen and oxygen atoms in total. The molecule has 0 aromatic carbocycles. The van der Waals surface area contributed by atoms with Crippen LogP contribution >= 0.6 is 7.82 Å². The van der Waals surface area contributed by atoms with Gasteiger partial charge < -0.3 is 47.9 Å². The van der Waals surface area contributed by atoms with E-state index in [1.165, 1.54) is 65.6 Å². The molecule has 288 valence electrons. The number of hydrogen-bond acceptors (Lipinski definition) is 10. The number of allylic oxidation sites excluding steroid dienone is 2. The van der Waals surface area contributed by atoms with E-state index in [1.54, 1.807) is 0 Å². The number of amides is 1. The summed E-state index contributed by atoms with van der Waals surface area (Å²) in [5.74, 6) is -0.492. The number of methoxy groups -OCH3 is 2. The van der Waals surface area contributed by atoms with Gasteiger partial charge >= 0.3 is 59.1 Å². The summed E-state index contributed by atoms with van der Waals surface area (Å²) in [6.45, 7) is 4.37. The van der Waals surface area contributed by atoms with E-state index in [1.807, 2.05) is 0 Å². The number of phosphoric acid groups is 1. The summed E-state index contributed by atoms with van der Waals surface area (Å²) >= 11 is 0. The van der Waals surface area contributed by atoms with Crippen LogP contribution in [0.4, 0.5) is 0 Å². The van der Waals surface area contributed by atoms with Crippen molar-refractivity contribution >= 4 is 20.0 Å². The molecule has 0 aromatic rings. The number of hydrogen-bond donors (Lipinski definition) is 1. The van der Waals surface area contributed by atoms with Crippen molar-refractivity contribution in [2.45, 2.75) is 179 Å². The maximum atomic E-state index is 13.1.